The van der Waals surface area contributed by atoms with Crippen molar-refractivity contribution in [2.75, 3.05) is 6.54 Å². The van der Waals surface area contributed by atoms with Crippen LogP contribution in [0.25, 0.3) is 0 Å². The van der Waals surface area contributed by atoms with Gasteiger partial charge in [-0.3, -0.25) is 0 Å². The Morgan fingerprint density at radius 3 is 1.53 bits per heavy atom. The van der Waals surface area contributed by atoms with Crippen molar-refractivity contribution < 1.29 is 0 Å². The Balaban J connectivity index is 5.00. The third-order valence-corrected chi connectivity index (χ3v) is 2.35. The van der Waals surface area contributed by atoms with Crippen molar-refractivity contribution in [3.8, 4) is 0 Å². The molecule has 1 nitrogen and oxygen atoms in total. The van der Waals surface area contributed by atoms with E-state index in [1.807, 2.05) is 12.2 Å². The molecule has 0 saturated heterocycles. The summed E-state index contributed by atoms with van der Waals surface area (Å²) in [6.45, 7) is 15.0. The number of rotatable bonds is 7. The summed E-state index contributed by atoms with van der Waals surface area (Å²) in [6.07, 6.45) is 9.90. The quantitative estimate of drug-likeness (QED) is 0.561. The zero-order valence-electron chi connectivity index (χ0n) is 10.3. The molecule has 84 valence electrons. The van der Waals surface area contributed by atoms with Crippen LogP contribution >= 0.6 is 0 Å². The van der Waals surface area contributed by atoms with Crippen LogP contribution in [0.1, 0.15) is 33.6 Å². The lowest BCUT2D eigenvalue weighted by Crippen LogP contribution is -2.21. The van der Waals surface area contributed by atoms with Crippen LogP contribution in [0, 0.1) is 0 Å². The van der Waals surface area contributed by atoms with Crippen LogP contribution in [0.3, 0.4) is 0 Å². The van der Waals surface area contributed by atoms with Gasteiger partial charge in [-0.2, -0.15) is 0 Å². The van der Waals surface area contributed by atoms with Crippen LogP contribution in [0.5, 0.6) is 0 Å². The molecule has 0 saturated carbocycles. The van der Waals surface area contributed by atoms with Crippen molar-refractivity contribution in [3.63, 3.8) is 0 Å². The molecule has 0 spiro atoms. The number of nitrogens with zero attached hydrogens (tertiary/aromatic N) is 1. The Kier molecular flexibility index (Phi) is 7.43. The molecule has 0 radical (unpaired) electrons. The third-order valence-electron chi connectivity index (χ3n) is 2.35. The Hall–Kier alpha value is -1.24. The van der Waals surface area contributed by atoms with Gasteiger partial charge in [-0.15, -0.1) is 0 Å². The van der Waals surface area contributed by atoms with Gasteiger partial charge in [0.15, 0.2) is 0 Å². The van der Waals surface area contributed by atoms with Gasteiger partial charge < -0.3 is 4.90 Å². The van der Waals surface area contributed by atoms with Gasteiger partial charge in [0.25, 0.3) is 0 Å². The van der Waals surface area contributed by atoms with E-state index in [9.17, 15) is 0 Å². The van der Waals surface area contributed by atoms with E-state index in [0.717, 1.165) is 19.4 Å². The summed E-state index contributed by atoms with van der Waals surface area (Å²) in [5.74, 6) is 0. The maximum atomic E-state index is 3.75. The molecule has 0 aliphatic heterocycles. The fraction of sp³-hybridized carbons (Fsp3) is 0.429. The standard InChI is InChI=1S/C14H23N/c1-6-11-13(8-3)15(10-5)14(9-4)12-7-2/h6-7,11-12H,1-2,8-10H2,3-5H3/b13-11+,14-12+. The van der Waals surface area contributed by atoms with E-state index < -0.39 is 0 Å². The highest BCUT2D eigenvalue weighted by atomic mass is 15.1. The van der Waals surface area contributed by atoms with Crippen LogP contribution in [0.4, 0.5) is 0 Å². The first-order valence-electron chi connectivity index (χ1n) is 5.65. The Morgan fingerprint density at radius 1 is 0.933 bits per heavy atom. The molecule has 0 aliphatic carbocycles. The lowest BCUT2D eigenvalue weighted by atomic mass is 10.2. The first-order chi connectivity index (χ1) is 7.24. The molecule has 0 rings (SSSR count). The van der Waals surface area contributed by atoms with Crippen LogP contribution in [0.2, 0.25) is 0 Å². The van der Waals surface area contributed by atoms with Gasteiger partial charge in [0.2, 0.25) is 0 Å². The molecule has 0 N–H and O–H groups in total. The smallest absolute Gasteiger partial charge is 0.0196 e. The van der Waals surface area contributed by atoms with Crippen LogP contribution < -0.4 is 0 Å². The highest BCUT2D eigenvalue weighted by Gasteiger charge is 2.08. The van der Waals surface area contributed by atoms with Gasteiger partial charge in [0.05, 0.1) is 0 Å². The minimum absolute atomic E-state index is 0.987. The second-order valence-corrected chi connectivity index (χ2v) is 3.24. The molecular formula is C14H23N. The second kappa shape index (κ2) is 8.10. The van der Waals surface area contributed by atoms with E-state index >= 15 is 0 Å². The van der Waals surface area contributed by atoms with E-state index in [4.69, 9.17) is 0 Å². The van der Waals surface area contributed by atoms with Gasteiger partial charge in [0, 0.05) is 17.9 Å². The zero-order valence-corrected chi connectivity index (χ0v) is 10.3. The van der Waals surface area contributed by atoms with Gasteiger partial charge in [-0.05, 0) is 31.9 Å². The van der Waals surface area contributed by atoms with Gasteiger partial charge in [0.1, 0.15) is 0 Å². The van der Waals surface area contributed by atoms with E-state index in [1.165, 1.54) is 11.4 Å². The second-order valence-electron chi connectivity index (χ2n) is 3.24. The van der Waals surface area contributed by atoms with E-state index in [2.05, 4.69) is 51.0 Å². The number of allylic oxidation sites excluding steroid dienone is 6. The Bertz CT molecular complexity index is 233. The summed E-state index contributed by atoms with van der Waals surface area (Å²) < 4.78 is 0. The molecule has 0 aromatic heterocycles. The van der Waals surface area contributed by atoms with Crippen molar-refractivity contribution in [3.05, 3.63) is 48.9 Å². The lowest BCUT2D eigenvalue weighted by molar-refractivity contribution is 0.424. The highest BCUT2D eigenvalue weighted by Crippen LogP contribution is 2.18. The van der Waals surface area contributed by atoms with Crippen molar-refractivity contribution >= 4 is 0 Å². The van der Waals surface area contributed by atoms with Crippen molar-refractivity contribution in [1.82, 2.24) is 4.90 Å². The molecule has 0 atom stereocenters. The van der Waals surface area contributed by atoms with Gasteiger partial charge in [-0.25, -0.2) is 0 Å². The average Bonchev–Trinajstić information content (AvgIpc) is 2.27. The van der Waals surface area contributed by atoms with Crippen LogP contribution in [0.15, 0.2) is 48.9 Å². The maximum absolute atomic E-state index is 3.75. The molecule has 0 unspecified atom stereocenters. The Morgan fingerprint density at radius 2 is 1.33 bits per heavy atom. The number of hydrogen-bond acceptors (Lipinski definition) is 1. The van der Waals surface area contributed by atoms with E-state index in [0.29, 0.717) is 0 Å². The van der Waals surface area contributed by atoms with Gasteiger partial charge >= 0.3 is 0 Å². The zero-order chi connectivity index (χ0) is 11.7. The molecule has 15 heavy (non-hydrogen) atoms. The fourth-order valence-corrected chi connectivity index (χ4v) is 1.66. The molecule has 0 aromatic rings. The monoisotopic (exact) mass is 205 g/mol. The normalized spacial score (nSPS) is 12.5. The van der Waals surface area contributed by atoms with Crippen molar-refractivity contribution in [2.24, 2.45) is 0 Å². The van der Waals surface area contributed by atoms with Crippen LogP contribution in [-0.4, -0.2) is 11.4 Å². The summed E-state index contributed by atoms with van der Waals surface area (Å²) in [5, 5.41) is 0. The predicted molar refractivity (Wildman–Crippen MR) is 69.5 cm³/mol. The minimum Gasteiger partial charge on any atom is -0.349 e. The first kappa shape index (κ1) is 13.8. The average molecular weight is 205 g/mol. The van der Waals surface area contributed by atoms with E-state index in [1.54, 1.807) is 0 Å². The maximum Gasteiger partial charge on any atom is 0.0196 e. The number of hydrogen-bond donors (Lipinski definition) is 0. The van der Waals surface area contributed by atoms with Crippen molar-refractivity contribution in [1.29, 1.82) is 0 Å². The first-order valence-corrected chi connectivity index (χ1v) is 5.65. The summed E-state index contributed by atoms with van der Waals surface area (Å²) in [6, 6.07) is 0. The minimum atomic E-state index is 0.987. The fourth-order valence-electron chi connectivity index (χ4n) is 1.66. The lowest BCUT2D eigenvalue weighted by Gasteiger charge is -2.27. The molecule has 0 bridgehead atoms. The molecule has 0 aliphatic rings. The summed E-state index contributed by atoms with van der Waals surface area (Å²) >= 11 is 0. The topological polar surface area (TPSA) is 3.24 Å². The molecule has 0 heterocycles. The SMILES string of the molecule is C=C/C=C(\CC)N(CC)/C(=C/C=C)CC. The summed E-state index contributed by atoms with van der Waals surface area (Å²) in [4.78, 5) is 2.32. The van der Waals surface area contributed by atoms with Crippen molar-refractivity contribution in [2.45, 2.75) is 33.6 Å². The van der Waals surface area contributed by atoms with Crippen LogP contribution in [-0.2, 0) is 0 Å². The molecule has 0 fully saturated rings. The molecule has 0 amide bonds. The summed E-state index contributed by atoms with van der Waals surface area (Å²) in [7, 11) is 0. The molecule has 1 heteroatoms. The Labute approximate surface area is 94.5 Å². The molecular weight excluding hydrogens is 182 g/mol. The summed E-state index contributed by atoms with van der Waals surface area (Å²) in [5.41, 5.74) is 2.62. The van der Waals surface area contributed by atoms with E-state index in [-0.39, 0.29) is 0 Å². The van der Waals surface area contributed by atoms with Gasteiger partial charge in [-0.1, -0.05) is 39.2 Å². The third kappa shape index (κ3) is 4.20. The molecule has 0 aromatic carbocycles. The highest BCUT2D eigenvalue weighted by molar-refractivity contribution is 5.19. The predicted octanol–water partition coefficient (Wildman–Crippen LogP) is 4.27. The largest absolute Gasteiger partial charge is 0.349 e.